The van der Waals surface area contributed by atoms with Crippen LogP contribution in [0, 0.1) is 6.92 Å². The van der Waals surface area contributed by atoms with Gasteiger partial charge in [0.2, 0.25) is 0 Å². The van der Waals surface area contributed by atoms with Crippen molar-refractivity contribution in [2.24, 2.45) is 0 Å². The van der Waals surface area contributed by atoms with Crippen LogP contribution in [0.4, 0.5) is 0 Å². The summed E-state index contributed by atoms with van der Waals surface area (Å²) in [4.78, 5) is -0.0255. The van der Waals surface area contributed by atoms with Crippen molar-refractivity contribution in [3.05, 3.63) is 64.7 Å². The first-order valence-corrected chi connectivity index (χ1v) is 8.06. The normalized spacial score (nSPS) is 18.0. The minimum atomic E-state index is -4.15. The maximum absolute atomic E-state index is 11.3. The summed E-state index contributed by atoms with van der Waals surface area (Å²) in [6.07, 6.45) is 1.99. The summed E-state index contributed by atoms with van der Waals surface area (Å²) in [5.41, 5.74) is 4.64. The molecule has 0 aromatic heterocycles. The second-order valence-corrected chi connectivity index (χ2v) is 6.71. The maximum atomic E-state index is 11.3. The van der Waals surface area contributed by atoms with Gasteiger partial charge in [-0.3, -0.25) is 4.55 Å². The molecule has 0 spiro atoms. The molecule has 0 amide bonds. The smallest absolute Gasteiger partial charge is 0.282 e. The molecule has 0 fully saturated rings. The summed E-state index contributed by atoms with van der Waals surface area (Å²) in [5.74, 6) is 0.216. The summed E-state index contributed by atoms with van der Waals surface area (Å²) in [6.45, 7) is 1.98. The fraction of sp³-hybridized carbons (Fsp3) is 0.250. The van der Waals surface area contributed by atoms with Gasteiger partial charge in [-0.1, -0.05) is 30.3 Å². The van der Waals surface area contributed by atoms with Crippen LogP contribution in [0.25, 0.3) is 0 Å². The molecular weight excluding hydrogens is 272 g/mol. The van der Waals surface area contributed by atoms with E-state index in [-0.39, 0.29) is 10.8 Å². The highest BCUT2D eigenvalue weighted by molar-refractivity contribution is 7.85. The molecule has 3 rings (SSSR count). The van der Waals surface area contributed by atoms with Gasteiger partial charge in [0.05, 0.1) is 4.90 Å². The molecule has 0 saturated heterocycles. The highest BCUT2D eigenvalue weighted by Crippen LogP contribution is 2.39. The Morgan fingerprint density at radius 3 is 2.60 bits per heavy atom. The van der Waals surface area contributed by atoms with Crippen LogP contribution < -0.4 is 0 Å². The number of hydrogen-bond donors (Lipinski definition) is 1. The van der Waals surface area contributed by atoms with E-state index in [1.165, 1.54) is 17.2 Å². The Kier molecular flexibility index (Phi) is 3.15. The molecule has 0 radical (unpaired) electrons. The molecule has 2 aromatic rings. The third-order valence-corrected chi connectivity index (χ3v) is 4.91. The number of hydrogen-bond acceptors (Lipinski definition) is 2. The van der Waals surface area contributed by atoms with Crippen LogP contribution in [-0.4, -0.2) is 13.0 Å². The summed E-state index contributed by atoms with van der Waals surface area (Å²) >= 11 is 0. The zero-order valence-electron chi connectivity index (χ0n) is 11.2. The predicted octanol–water partition coefficient (Wildman–Crippen LogP) is 3.32. The van der Waals surface area contributed by atoms with Crippen LogP contribution in [0.15, 0.2) is 47.4 Å². The average Bonchev–Trinajstić information content (AvgIpc) is 2.82. The average molecular weight is 288 g/mol. The Morgan fingerprint density at radius 1 is 1.10 bits per heavy atom. The van der Waals surface area contributed by atoms with Gasteiger partial charge in [-0.2, -0.15) is 8.42 Å². The van der Waals surface area contributed by atoms with Gasteiger partial charge >= 0.3 is 0 Å². The third-order valence-electron chi connectivity index (χ3n) is 4.06. The van der Waals surface area contributed by atoms with E-state index in [2.05, 4.69) is 12.1 Å². The van der Waals surface area contributed by atoms with Crippen LogP contribution in [0.3, 0.4) is 0 Å². The Balaban J connectivity index is 2.12. The molecule has 0 bridgehead atoms. The first-order chi connectivity index (χ1) is 9.47. The Hall–Kier alpha value is -1.65. The van der Waals surface area contributed by atoms with E-state index in [4.69, 9.17) is 0 Å². The zero-order chi connectivity index (χ0) is 14.3. The monoisotopic (exact) mass is 288 g/mol. The molecule has 0 saturated carbocycles. The summed E-state index contributed by atoms with van der Waals surface area (Å²) in [5, 5.41) is 0. The molecule has 1 atom stereocenters. The van der Waals surface area contributed by atoms with Gasteiger partial charge in [0.1, 0.15) is 0 Å². The highest BCUT2D eigenvalue weighted by Gasteiger charge is 2.25. The fourth-order valence-electron chi connectivity index (χ4n) is 3.03. The van der Waals surface area contributed by atoms with Gasteiger partial charge in [-0.15, -0.1) is 0 Å². The Bertz CT molecular complexity index is 763. The van der Waals surface area contributed by atoms with Crippen molar-refractivity contribution < 1.29 is 13.0 Å². The van der Waals surface area contributed by atoms with Crippen LogP contribution in [0.1, 0.15) is 34.6 Å². The molecule has 1 N–H and O–H groups in total. The third kappa shape index (κ3) is 2.25. The molecular formula is C16H16O3S. The number of aryl methyl sites for hydroxylation is 2. The summed E-state index contributed by atoms with van der Waals surface area (Å²) < 4.78 is 31.8. The molecule has 3 nitrogen and oxygen atoms in total. The second-order valence-electron chi connectivity index (χ2n) is 5.28. The van der Waals surface area contributed by atoms with E-state index in [0.717, 1.165) is 24.0 Å². The Labute approximate surface area is 119 Å². The van der Waals surface area contributed by atoms with E-state index in [0.29, 0.717) is 0 Å². The van der Waals surface area contributed by atoms with Crippen molar-refractivity contribution in [2.45, 2.75) is 30.6 Å². The van der Waals surface area contributed by atoms with E-state index in [1.54, 1.807) is 12.1 Å². The fourth-order valence-corrected chi connectivity index (χ4v) is 3.55. The lowest BCUT2D eigenvalue weighted by atomic mass is 9.90. The molecule has 4 heteroatoms. The van der Waals surface area contributed by atoms with Crippen molar-refractivity contribution in [2.75, 3.05) is 0 Å². The van der Waals surface area contributed by atoms with Gasteiger partial charge in [0, 0.05) is 5.92 Å². The summed E-state index contributed by atoms with van der Waals surface area (Å²) in [6, 6.07) is 13.1. The Morgan fingerprint density at radius 2 is 1.85 bits per heavy atom. The minimum absolute atomic E-state index is 0.0255. The molecule has 1 aliphatic rings. The van der Waals surface area contributed by atoms with Crippen molar-refractivity contribution >= 4 is 10.1 Å². The van der Waals surface area contributed by atoms with Gasteiger partial charge in [-0.05, 0) is 54.2 Å². The van der Waals surface area contributed by atoms with Crippen LogP contribution >= 0.6 is 0 Å². The van der Waals surface area contributed by atoms with Crippen molar-refractivity contribution in [3.63, 3.8) is 0 Å². The standard InChI is InChI=1S/C16H16O3S/c1-11-6-8-13(20(17,18)19)10-16(11)15-9-7-12-4-2-3-5-14(12)15/h2-6,8,10,15H,7,9H2,1H3,(H,17,18,19)/t15-/m1/s1. The van der Waals surface area contributed by atoms with Crippen LogP contribution in [0.5, 0.6) is 0 Å². The zero-order valence-corrected chi connectivity index (χ0v) is 12.0. The molecule has 0 aliphatic heterocycles. The quantitative estimate of drug-likeness (QED) is 0.862. The van der Waals surface area contributed by atoms with Crippen molar-refractivity contribution in [3.8, 4) is 0 Å². The lowest BCUT2D eigenvalue weighted by Crippen LogP contribution is -2.04. The van der Waals surface area contributed by atoms with E-state index >= 15 is 0 Å². The predicted molar refractivity (Wildman–Crippen MR) is 77.6 cm³/mol. The molecule has 2 aromatic carbocycles. The van der Waals surface area contributed by atoms with E-state index in [1.807, 2.05) is 19.1 Å². The second kappa shape index (κ2) is 4.72. The molecule has 1 aliphatic carbocycles. The van der Waals surface area contributed by atoms with Gasteiger partial charge < -0.3 is 0 Å². The first-order valence-electron chi connectivity index (χ1n) is 6.62. The van der Waals surface area contributed by atoms with Crippen LogP contribution in [-0.2, 0) is 16.5 Å². The molecule has 104 valence electrons. The minimum Gasteiger partial charge on any atom is -0.282 e. The number of fused-ring (bicyclic) bond motifs is 1. The number of benzene rings is 2. The maximum Gasteiger partial charge on any atom is 0.294 e. The van der Waals surface area contributed by atoms with Gasteiger partial charge in [-0.25, -0.2) is 0 Å². The SMILES string of the molecule is Cc1ccc(S(=O)(=O)O)cc1[C@@H]1CCc2ccccc21. The first kappa shape index (κ1) is 13.3. The van der Waals surface area contributed by atoms with Gasteiger partial charge in [0.15, 0.2) is 0 Å². The molecule has 20 heavy (non-hydrogen) atoms. The van der Waals surface area contributed by atoms with Gasteiger partial charge in [0.25, 0.3) is 10.1 Å². The summed E-state index contributed by atoms with van der Waals surface area (Å²) in [7, 11) is -4.15. The molecule has 0 heterocycles. The number of rotatable bonds is 2. The lowest BCUT2D eigenvalue weighted by Gasteiger charge is -2.16. The lowest BCUT2D eigenvalue weighted by molar-refractivity contribution is 0.483. The topological polar surface area (TPSA) is 54.4 Å². The largest absolute Gasteiger partial charge is 0.294 e. The van der Waals surface area contributed by atoms with E-state index < -0.39 is 10.1 Å². The van der Waals surface area contributed by atoms with Crippen LogP contribution in [0.2, 0.25) is 0 Å². The van der Waals surface area contributed by atoms with E-state index in [9.17, 15) is 13.0 Å². The van der Waals surface area contributed by atoms with Crippen molar-refractivity contribution in [1.82, 2.24) is 0 Å². The highest BCUT2D eigenvalue weighted by atomic mass is 32.2. The molecule has 0 unspecified atom stereocenters. The van der Waals surface area contributed by atoms with Crippen molar-refractivity contribution in [1.29, 1.82) is 0 Å².